The Morgan fingerprint density at radius 3 is 2.58 bits per heavy atom. The van der Waals surface area contributed by atoms with Gasteiger partial charge in [-0.2, -0.15) is 22.4 Å². The van der Waals surface area contributed by atoms with Gasteiger partial charge in [0.1, 0.15) is 6.04 Å². The maximum atomic E-state index is 13.7. The third-order valence-corrected chi connectivity index (χ3v) is 8.54. The van der Waals surface area contributed by atoms with E-state index in [1.807, 2.05) is 11.0 Å². The van der Waals surface area contributed by atoms with Gasteiger partial charge in [0, 0.05) is 24.3 Å². The van der Waals surface area contributed by atoms with E-state index < -0.39 is 35.9 Å². The second-order valence-corrected chi connectivity index (χ2v) is 12.7. The van der Waals surface area contributed by atoms with Crippen molar-refractivity contribution in [3.05, 3.63) is 97.8 Å². The molecular formula is C31H32F3N8O5S+. The summed E-state index contributed by atoms with van der Waals surface area (Å²) in [5.74, 6) is -0.770. The second kappa shape index (κ2) is 14.2. The molecule has 17 heteroatoms. The molecule has 1 aliphatic heterocycles. The van der Waals surface area contributed by atoms with Crippen LogP contribution in [0.4, 0.5) is 24.8 Å². The van der Waals surface area contributed by atoms with Crippen molar-refractivity contribution in [2.24, 2.45) is 7.05 Å². The van der Waals surface area contributed by atoms with Crippen molar-refractivity contribution in [2.75, 3.05) is 32.6 Å². The molecule has 0 aliphatic carbocycles. The van der Waals surface area contributed by atoms with Crippen LogP contribution in [0.3, 0.4) is 0 Å². The number of halogens is 3. The van der Waals surface area contributed by atoms with Gasteiger partial charge in [0.05, 0.1) is 69.1 Å². The number of esters is 1. The van der Waals surface area contributed by atoms with E-state index in [4.69, 9.17) is 14.6 Å². The molecule has 0 bridgehead atoms. The van der Waals surface area contributed by atoms with Crippen LogP contribution < -0.4 is 19.7 Å². The summed E-state index contributed by atoms with van der Waals surface area (Å²) < 4.78 is 49.8. The molecule has 0 saturated carbocycles. The number of aromatic amines is 1. The van der Waals surface area contributed by atoms with Crippen molar-refractivity contribution in [2.45, 2.75) is 32.1 Å². The monoisotopic (exact) mass is 685 g/mol. The first kappa shape index (κ1) is 35.5. The van der Waals surface area contributed by atoms with Crippen LogP contribution in [0, 0.1) is 11.3 Å². The quantitative estimate of drug-likeness (QED) is 0.127. The molecule has 0 radical (unpaired) electrons. The first-order valence-corrected chi connectivity index (χ1v) is 15.1. The van der Waals surface area contributed by atoms with Gasteiger partial charge in [-0.3, -0.25) is 4.90 Å². The number of hydrogen-bond donors (Lipinski definition) is 1. The van der Waals surface area contributed by atoms with Gasteiger partial charge >= 0.3 is 17.8 Å². The van der Waals surface area contributed by atoms with Crippen molar-refractivity contribution in [1.82, 2.24) is 19.7 Å². The van der Waals surface area contributed by atoms with Crippen LogP contribution in [0.25, 0.3) is 0 Å². The van der Waals surface area contributed by atoms with Gasteiger partial charge in [-0.25, -0.2) is 19.3 Å². The molecule has 4 aromatic rings. The van der Waals surface area contributed by atoms with Gasteiger partial charge in [0.2, 0.25) is 5.95 Å². The first-order valence-electron chi connectivity index (χ1n) is 14.3. The average molecular weight is 686 g/mol. The number of nitriles is 1. The third-order valence-electron chi connectivity index (χ3n) is 7.71. The number of nitrogens with zero attached hydrogens (tertiary/aromatic N) is 7. The lowest BCUT2D eigenvalue weighted by molar-refractivity contribution is -0.903. The summed E-state index contributed by atoms with van der Waals surface area (Å²) in [6, 6.07) is 10.7. The normalized spacial score (nSPS) is 14.5. The van der Waals surface area contributed by atoms with Gasteiger partial charge in [-0.05, 0) is 53.4 Å². The van der Waals surface area contributed by atoms with E-state index in [0.29, 0.717) is 35.1 Å². The highest BCUT2D eigenvalue weighted by Gasteiger charge is 2.41. The number of nitrogens with one attached hydrogen (secondary N) is 1. The fourth-order valence-corrected chi connectivity index (χ4v) is 6.46. The molecule has 1 atom stereocenters. The summed E-state index contributed by atoms with van der Waals surface area (Å²) in [7, 11) is 7.23. The number of fused-ring (bicyclic) bond motifs is 1. The van der Waals surface area contributed by atoms with Crippen LogP contribution in [0.1, 0.15) is 40.2 Å². The fourth-order valence-electron chi connectivity index (χ4n) is 5.53. The number of aromatic nitrogens is 5. The number of carbonyl (C=O) groups excluding carboxylic acids is 2. The van der Waals surface area contributed by atoms with Crippen LogP contribution in [-0.4, -0.2) is 64.4 Å². The number of anilines is 2. The molecule has 3 heterocycles. The van der Waals surface area contributed by atoms with E-state index in [2.05, 4.69) is 35.3 Å². The van der Waals surface area contributed by atoms with Gasteiger partial charge in [0.15, 0.2) is 6.54 Å². The topological polar surface area (TPSA) is 161 Å². The maximum Gasteiger partial charge on any atom is 0.416 e. The number of H-pyrrole nitrogens is 1. The number of hydrogen-bond acceptors (Lipinski definition) is 10. The van der Waals surface area contributed by atoms with E-state index in [9.17, 15) is 28.0 Å². The highest BCUT2D eigenvalue weighted by atomic mass is 32.1. The van der Waals surface area contributed by atoms with Gasteiger partial charge < -0.3 is 19.1 Å². The minimum Gasteiger partial charge on any atom is -0.554 e. The minimum absolute atomic E-state index is 0.00228. The lowest BCUT2D eigenvalue weighted by atomic mass is 9.89. The van der Waals surface area contributed by atoms with Crippen molar-refractivity contribution in [3.63, 3.8) is 0 Å². The molecule has 48 heavy (non-hydrogen) atoms. The molecule has 0 saturated heterocycles. The minimum atomic E-state index is -4.62. The van der Waals surface area contributed by atoms with E-state index in [1.165, 1.54) is 28.7 Å². The second-order valence-electron chi connectivity index (χ2n) is 11.4. The predicted octanol–water partition coefficient (Wildman–Crippen LogP) is 2.12. The van der Waals surface area contributed by atoms with E-state index in [1.54, 1.807) is 43.0 Å². The number of carbonyl (C=O) groups is 2. The number of ether oxygens (including phenoxy) is 1. The van der Waals surface area contributed by atoms with Crippen molar-refractivity contribution >= 4 is 35.6 Å². The Morgan fingerprint density at radius 2 is 1.98 bits per heavy atom. The molecule has 1 N–H and O–H groups in total. The van der Waals surface area contributed by atoms with Crippen molar-refractivity contribution in [1.29, 1.82) is 5.26 Å². The molecule has 2 aromatic heterocycles. The summed E-state index contributed by atoms with van der Waals surface area (Å²) in [5.41, 5.74) is 0.425. The zero-order valence-electron chi connectivity index (χ0n) is 26.6. The van der Waals surface area contributed by atoms with Crippen molar-refractivity contribution < 1.29 is 41.0 Å². The lowest BCUT2D eigenvalue weighted by Crippen LogP contribution is -2.41. The highest BCUT2D eigenvalue weighted by molar-refractivity contribution is 7.01. The predicted molar refractivity (Wildman–Crippen MR) is 164 cm³/mol. The van der Waals surface area contributed by atoms with Crippen LogP contribution in [0.2, 0.25) is 0 Å². The maximum absolute atomic E-state index is 13.7. The average Bonchev–Trinajstić information content (AvgIpc) is 3.62. The number of aryl methyl sites for hydroxylation is 1. The summed E-state index contributed by atoms with van der Waals surface area (Å²) in [4.78, 5) is 40.9. The highest BCUT2D eigenvalue weighted by Crippen LogP contribution is 2.43. The Balaban J connectivity index is 0.00000167. The number of allylic oxidation sites excluding steroid dienone is 1. The van der Waals surface area contributed by atoms with Gasteiger partial charge in [0.25, 0.3) is 11.3 Å². The third kappa shape index (κ3) is 7.45. The fraction of sp³-hybridized carbons (Fsp3) is 0.323. The number of likely N-dealkylation sites (N-methyl/N-ethyl adjacent to an activating group) is 1. The van der Waals surface area contributed by atoms with Crippen LogP contribution in [0.15, 0.2) is 64.9 Å². The Morgan fingerprint density at radius 1 is 1.27 bits per heavy atom. The Bertz CT molecular complexity index is 1960. The van der Waals surface area contributed by atoms with Crippen LogP contribution in [-0.2, 0) is 40.5 Å². The summed E-state index contributed by atoms with van der Waals surface area (Å²) >= 11 is 1.54. The largest absolute Gasteiger partial charge is 0.554 e. The number of benzene rings is 2. The van der Waals surface area contributed by atoms with Crippen molar-refractivity contribution in [3.8, 4) is 6.07 Å². The van der Waals surface area contributed by atoms with E-state index in [0.717, 1.165) is 22.7 Å². The molecule has 252 valence electrons. The summed E-state index contributed by atoms with van der Waals surface area (Å²) in [5, 5.41) is 25.5. The molecule has 13 nitrogen and oxygen atoms in total. The molecule has 5 rings (SSSR count). The summed E-state index contributed by atoms with van der Waals surface area (Å²) in [6.45, 7) is 2.35. The smallest absolute Gasteiger partial charge is 0.416 e. The zero-order valence-corrected chi connectivity index (χ0v) is 27.4. The standard InChI is InChI=1S/C30H30F3N8O3S.CH2O2/c1-18-25(27(42)44-5)26(40-28(36-37-29(40)43)39(18)22-8-6-7-21(14-22)30(31,32)33)23-10-9-19(15-34)13-20(23)11-12-41(3,4)16-24-35-17-38(2)45-24;2-1-3/h6-10,13-14,17,26H,11-12,16H2,1-5H3;1H,(H,2,3)/q+1;/t26-;/m1./s1. The Labute approximate surface area is 277 Å². The Hall–Kier alpha value is -5.34. The molecular weight excluding hydrogens is 653 g/mol. The Kier molecular flexibility index (Phi) is 10.5. The number of methoxy groups -OCH3 is 1. The SMILES string of the molecule is COC(=O)C1=C(C)N(c2cccc(C(F)(F)F)c2)c2n[nH]c(=O)n2[C@@H]1c1ccc(C#N)cc1CC[N+](C)(C)Cc1nc[n+](C)s1.O=C[O-]. The number of rotatable bonds is 8. The molecule has 2 aromatic carbocycles. The number of alkyl halides is 3. The first-order chi connectivity index (χ1) is 22.6. The van der Waals surface area contributed by atoms with Crippen LogP contribution in [0.5, 0.6) is 0 Å². The van der Waals surface area contributed by atoms with E-state index in [-0.39, 0.29) is 22.9 Å². The number of quaternary nitrogens is 1. The molecule has 0 unspecified atom stereocenters. The molecule has 1 aliphatic rings. The molecule has 0 spiro atoms. The lowest BCUT2D eigenvalue weighted by Gasteiger charge is -2.36. The number of carboxylic acid groups (broad SMARTS) is 1. The zero-order chi connectivity index (χ0) is 35.4. The van der Waals surface area contributed by atoms with Gasteiger partial charge in [-0.1, -0.05) is 12.1 Å². The van der Waals surface area contributed by atoms with Gasteiger partial charge in [-0.15, -0.1) is 5.10 Å². The summed E-state index contributed by atoms with van der Waals surface area (Å²) in [6.07, 6.45) is -2.40. The van der Waals surface area contributed by atoms with Crippen LogP contribution >= 0.6 is 11.5 Å². The molecule has 0 fully saturated rings. The van der Waals surface area contributed by atoms with E-state index >= 15 is 0 Å². The molecule has 0 amide bonds.